The number of piperidine rings is 1. The lowest BCUT2D eigenvalue weighted by Gasteiger charge is -2.42. The van der Waals surface area contributed by atoms with Gasteiger partial charge in [-0.05, 0) is 42.8 Å². The Morgan fingerprint density at radius 1 is 1.03 bits per heavy atom. The SMILES string of the molecule is COc1ccc(F)c(N2C[C@@H](C)C(Oc3ccc(N4C[C@H](OC)C[C@@H]4CC(=O)O)cc3)[C@H](C)C2)c1. The van der Waals surface area contributed by atoms with Crippen molar-refractivity contribution < 1.29 is 28.5 Å². The van der Waals surface area contributed by atoms with E-state index in [1.54, 1.807) is 26.4 Å². The standard InChI is InChI=1S/C27H35FN2O5/c1-17-14-29(25-13-22(33-3)9-10-24(25)28)15-18(2)27(17)35-21-7-5-19(6-8-21)30-16-23(34-4)11-20(30)12-26(31)32/h5-10,13,17-18,20,23,27H,11-12,14-16H2,1-4H3,(H,31,32)/t17-,18-,20-,23-/m1/s1. The Morgan fingerprint density at radius 3 is 2.29 bits per heavy atom. The van der Waals surface area contributed by atoms with Gasteiger partial charge in [0.05, 0.1) is 25.3 Å². The molecule has 0 spiro atoms. The van der Waals surface area contributed by atoms with Gasteiger partial charge in [0.25, 0.3) is 0 Å². The van der Waals surface area contributed by atoms with Crippen LogP contribution in [0.4, 0.5) is 15.8 Å². The second kappa shape index (κ2) is 10.7. The number of benzene rings is 2. The number of rotatable bonds is 8. The molecular formula is C27H35FN2O5. The molecule has 4 atom stereocenters. The monoisotopic (exact) mass is 486 g/mol. The largest absolute Gasteiger partial charge is 0.497 e. The molecule has 0 radical (unpaired) electrons. The Morgan fingerprint density at radius 2 is 1.69 bits per heavy atom. The molecule has 2 aliphatic rings. The van der Waals surface area contributed by atoms with Crippen LogP contribution in [0.5, 0.6) is 11.5 Å². The van der Waals surface area contributed by atoms with Crippen LogP contribution in [0, 0.1) is 17.7 Å². The molecule has 0 amide bonds. The van der Waals surface area contributed by atoms with Gasteiger partial charge in [-0.2, -0.15) is 0 Å². The molecular weight excluding hydrogens is 451 g/mol. The third-order valence-corrected chi connectivity index (χ3v) is 7.19. The van der Waals surface area contributed by atoms with Crippen LogP contribution in [0.15, 0.2) is 42.5 Å². The molecule has 7 nitrogen and oxygen atoms in total. The Kier molecular flexibility index (Phi) is 7.69. The fraction of sp³-hybridized carbons (Fsp3) is 0.519. The van der Waals surface area contributed by atoms with Crippen LogP contribution in [-0.4, -0.2) is 63.2 Å². The number of halogens is 1. The van der Waals surface area contributed by atoms with Gasteiger partial charge >= 0.3 is 5.97 Å². The molecule has 0 unspecified atom stereocenters. The van der Waals surface area contributed by atoms with E-state index in [9.17, 15) is 14.3 Å². The number of carboxylic acid groups (broad SMARTS) is 1. The van der Waals surface area contributed by atoms with Gasteiger partial charge in [-0.25, -0.2) is 4.39 Å². The van der Waals surface area contributed by atoms with Crippen molar-refractivity contribution in [2.75, 3.05) is 43.7 Å². The number of aliphatic carboxylic acids is 1. The highest BCUT2D eigenvalue weighted by Gasteiger charge is 2.36. The highest BCUT2D eigenvalue weighted by atomic mass is 19.1. The Balaban J connectivity index is 1.42. The van der Waals surface area contributed by atoms with E-state index in [0.29, 0.717) is 37.5 Å². The average Bonchev–Trinajstić information content (AvgIpc) is 3.24. The molecule has 0 saturated carbocycles. The summed E-state index contributed by atoms with van der Waals surface area (Å²) in [6.07, 6.45) is 0.800. The first-order valence-electron chi connectivity index (χ1n) is 12.2. The van der Waals surface area contributed by atoms with Gasteiger partial charge in [0.1, 0.15) is 23.4 Å². The molecule has 2 aliphatic heterocycles. The lowest BCUT2D eigenvalue weighted by atomic mass is 9.87. The van der Waals surface area contributed by atoms with Crippen molar-refractivity contribution in [1.82, 2.24) is 0 Å². The van der Waals surface area contributed by atoms with E-state index < -0.39 is 5.97 Å². The zero-order valence-corrected chi connectivity index (χ0v) is 20.8. The van der Waals surface area contributed by atoms with Crippen molar-refractivity contribution in [1.29, 1.82) is 0 Å². The predicted molar refractivity (Wildman–Crippen MR) is 133 cm³/mol. The Hall–Kier alpha value is -3.00. The van der Waals surface area contributed by atoms with Crippen molar-refractivity contribution >= 4 is 17.3 Å². The summed E-state index contributed by atoms with van der Waals surface area (Å²) < 4.78 is 31.7. The van der Waals surface area contributed by atoms with E-state index >= 15 is 0 Å². The zero-order chi connectivity index (χ0) is 25.1. The summed E-state index contributed by atoms with van der Waals surface area (Å²) in [7, 11) is 3.25. The number of nitrogens with zero attached hydrogens (tertiary/aromatic N) is 2. The third-order valence-electron chi connectivity index (χ3n) is 7.19. The molecule has 35 heavy (non-hydrogen) atoms. The van der Waals surface area contributed by atoms with Crippen LogP contribution in [0.3, 0.4) is 0 Å². The first-order chi connectivity index (χ1) is 16.8. The third kappa shape index (κ3) is 5.64. The van der Waals surface area contributed by atoms with E-state index in [1.807, 2.05) is 24.3 Å². The van der Waals surface area contributed by atoms with Crippen LogP contribution < -0.4 is 19.3 Å². The van der Waals surface area contributed by atoms with Crippen LogP contribution in [-0.2, 0) is 9.53 Å². The molecule has 1 N–H and O–H groups in total. The van der Waals surface area contributed by atoms with E-state index in [2.05, 4.69) is 23.6 Å². The van der Waals surface area contributed by atoms with E-state index in [0.717, 1.165) is 11.4 Å². The molecule has 4 rings (SSSR count). The first-order valence-corrected chi connectivity index (χ1v) is 12.2. The quantitative estimate of drug-likeness (QED) is 0.591. The van der Waals surface area contributed by atoms with E-state index in [-0.39, 0.29) is 42.3 Å². The predicted octanol–water partition coefficient (Wildman–Crippen LogP) is 4.44. The number of carbonyl (C=O) groups is 1. The zero-order valence-electron chi connectivity index (χ0n) is 20.8. The summed E-state index contributed by atoms with van der Waals surface area (Å²) in [6, 6.07) is 12.6. The minimum Gasteiger partial charge on any atom is -0.497 e. The van der Waals surface area contributed by atoms with Gasteiger partial charge in [-0.3, -0.25) is 4.79 Å². The summed E-state index contributed by atoms with van der Waals surface area (Å²) in [4.78, 5) is 15.5. The van der Waals surface area contributed by atoms with Gasteiger partial charge in [-0.15, -0.1) is 0 Å². The van der Waals surface area contributed by atoms with Crippen LogP contribution in [0.1, 0.15) is 26.7 Å². The summed E-state index contributed by atoms with van der Waals surface area (Å²) in [6.45, 7) is 6.29. The van der Waals surface area contributed by atoms with Gasteiger partial charge in [0, 0.05) is 56.4 Å². The molecule has 2 aromatic rings. The minimum absolute atomic E-state index is 0.00446. The summed E-state index contributed by atoms with van der Waals surface area (Å²) in [5, 5.41) is 9.29. The summed E-state index contributed by atoms with van der Waals surface area (Å²) >= 11 is 0. The number of carboxylic acids is 1. The van der Waals surface area contributed by atoms with Crippen molar-refractivity contribution in [2.45, 2.75) is 44.9 Å². The second-order valence-electron chi connectivity index (χ2n) is 9.75. The number of anilines is 2. The molecule has 2 heterocycles. The highest BCUT2D eigenvalue weighted by molar-refractivity contribution is 5.69. The second-order valence-corrected chi connectivity index (χ2v) is 9.75. The Bertz CT molecular complexity index is 1010. The fourth-order valence-electron chi connectivity index (χ4n) is 5.46. The maximum Gasteiger partial charge on any atom is 0.305 e. The number of methoxy groups -OCH3 is 2. The number of hydrogen-bond acceptors (Lipinski definition) is 6. The molecule has 8 heteroatoms. The fourth-order valence-corrected chi connectivity index (χ4v) is 5.46. The first kappa shape index (κ1) is 25.1. The maximum absolute atomic E-state index is 14.5. The molecule has 0 aromatic heterocycles. The summed E-state index contributed by atoms with van der Waals surface area (Å²) in [5.74, 6) is 0.727. The lowest BCUT2D eigenvalue weighted by molar-refractivity contribution is -0.137. The number of ether oxygens (including phenoxy) is 3. The van der Waals surface area contributed by atoms with Crippen molar-refractivity contribution in [3.8, 4) is 11.5 Å². The molecule has 0 aliphatic carbocycles. The smallest absolute Gasteiger partial charge is 0.305 e. The van der Waals surface area contributed by atoms with Gasteiger partial charge in [-0.1, -0.05) is 13.8 Å². The average molecular weight is 487 g/mol. The number of hydrogen-bond donors (Lipinski definition) is 1. The molecule has 2 aromatic carbocycles. The molecule has 2 fully saturated rings. The molecule has 0 bridgehead atoms. The van der Waals surface area contributed by atoms with Crippen LogP contribution in [0.25, 0.3) is 0 Å². The van der Waals surface area contributed by atoms with E-state index in [4.69, 9.17) is 14.2 Å². The summed E-state index contributed by atoms with van der Waals surface area (Å²) in [5.41, 5.74) is 1.52. The van der Waals surface area contributed by atoms with Crippen LogP contribution in [0.2, 0.25) is 0 Å². The van der Waals surface area contributed by atoms with Crippen molar-refractivity contribution in [2.24, 2.45) is 11.8 Å². The van der Waals surface area contributed by atoms with Crippen molar-refractivity contribution in [3.05, 3.63) is 48.3 Å². The van der Waals surface area contributed by atoms with E-state index in [1.165, 1.54) is 6.07 Å². The van der Waals surface area contributed by atoms with Crippen LogP contribution >= 0.6 is 0 Å². The Labute approximate surface area is 206 Å². The highest BCUT2D eigenvalue weighted by Crippen LogP contribution is 2.34. The normalized spacial score (nSPS) is 25.1. The van der Waals surface area contributed by atoms with Crippen molar-refractivity contribution in [3.63, 3.8) is 0 Å². The molecule has 2 saturated heterocycles. The van der Waals surface area contributed by atoms with Gasteiger partial charge < -0.3 is 29.1 Å². The molecule has 190 valence electrons. The minimum atomic E-state index is -0.806. The lowest BCUT2D eigenvalue weighted by Crippen LogP contribution is -2.50. The topological polar surface area (TPSA) is 71.5 Å². The van der Waals surface area contributed by atoms with Gasteiger partial charge in [0.15, 0.2) is 0 Å². The maximum atomic E-state index is 14.5. The van der Waals surface area contributed by atoms with Gasteiger partial charge in [0.2, 0.25) is 0 Å².